The molecule has 0 bridgehead atoms. The zero-order valence-corrected chi connectivity index (χ0v) is 15.6. The van der Waals surface area contributed by atoms with E-state index in [0.717, 1.165) is 10.9 Å². The quantitative estimate of drug-likeness (QED) is 0.511. The fourth-order valence-corrected chi connectivity index (χ4v) is 3.58. The predicted molar refractivity (Wildman–Crippen MR) is 99.4 cm³/mol. The molecule has 0 radical (unpaired) electrons. The van der Waals surface area contributed by atoms with E-state index in [2.05, 4.69) is 25.9 Å². The van der Waals surface area contributed by atoms with Gasteiger partial charge in [-0.15, -0.1) is 0 Å². The van der Waals surface area contributed by atoms with Gasteiger partial charge in [0.15, 0.2) is 0 Å². The molecule has 134 valence electrons. The highest BCUT2D eigenvalue weighted by molar-refractivity contribution is 9.10. The van der Waals surface area contributed by atoms with Gasteiger partial charge in [0.1, 0.15) is 4.60 Å². The maximum absolute atomic E-state index is 12.7. The van der Waals surface area contributed by atoms with Crippen molar-refractivity contribution in [1.29, 1.82) is 0 Å². The molecule has 1 N–H and O–H groups in total. The number of carbonyl (C=O) groups excluding carboxylic acids is 2. The third-order valence-electron chi connectivity index (χ3n) is 4.47. The van der Waals surface area contributed by atoms with Crippen LogP contribution in [0.1, 0.15) is 20.7 Å². The maximum Gasteiger partial charge on any atom is 0.340 e. The van der Waals surface area contributed by atoms with Gasteiger partial charge >= 0.3 is 5.97 Å². The Hall–Kier alpha value is -2.45. The number of pyridine rings is 1. The van der Waals surface area contributed by atoms with Crippen molar-refractivity contribution in [2.45, 2.75) is 0 Å². The van der Waals surface area contributed by atoms with Crippen molar-refractivity contribution in [2.24, 2.45) is 0 Å². The van der Waals surface area contributed by atoms with Gasteiger partial charge in [-0.25, -0.2) is 9.78 Å². The molecule has 3 aromatic rings. The Kier molecular flexibility index (Phi) is 4.37. The van der Waals surface area contributed by atoms with Gasteiger partial charge in [0.25, 0.3) is 5.91 Å². The average Bonchev–Trinajstić information content (AvgIpc) is 3.04. The standard InChI is InChI=1S/C18H16BrN3O4/c1-25-18(24)12-9-14(19)21-15-11-8-10(2-3-13(11)20-16(12)15)17(23)22-4-6-26-7-5-22/h2-3,8-9,20H,4-7H2,1H3. The number of rotatable bonds is 2. The molecule has 1 amide bonds. The van der Waals surface area contributed by atoms with Gasteiger partial charge in [0.05, 0.1) is 36.9 Å². The summed E-state index contributed by atoms with van der Waals surface area (Å²) in [5.41, 5.74) is 2.98. The molecule has 1 aliphatic heterocycles. The summed E-state index contributed by atoms with van der Waals surface area (Å²) in [5, 5.41) is 0.783. The maximum atomic E-state index is 12.7. The topological polar surface area (TPSA) is 84.5 Å². The molecule has 1 aromatic carbocycles. The Morgan fingerprint density at radius 3 is 2.77 bits per heavy atom. The number of methoxy groups -OCH3 is 1. The molecule has 7 nitrogen and oxygen atoms in total. The Morgan fingerprint density at radius 1 is 1.27 bits per heavy atom. The fourth-order valence-electron chi connectivity index (χ4n) is 3.17. The lowest BCUT2D eigenvalue weighted by Crippen LogP contribution is -2.40. The molecule has 2 aromatic heterocycles. The van der Waals surface area contributed by atoms with Gasteiger partial charge in [-0.2, -0.15) is 0 Å². The van der Waals surface area contributed by atoms with E-state index in [1.54, 1.807) is 17.0 Å². The van der Waals surface area contributed by atoms with Crippen molar-refractivity contribution in [2.75, 3.05) is 33.4 Å². The smallest absolute Gasteiger partial charge is 0.340 e. The van der Waals surface area contributed by atoms with Crippen LogP contribution in [-0.2, 0) is 9.47 Å². The summed E-state index contributed by atoms with van der Waals surface area (Å²) >= 11 is 3.34. The first-order valence-electron chi connectivity index (χ1n) is 8.16. The molecule has 1 aliphatic rings. The Morgan fingerprint density at radius 2 is 2.04 bits per heavy atom. The number of aromatic amines is 1. The normalized spacial score (nSPS) is 14.8. The van der Waals surface area contributed by atoms with Gasteiger partial charge in [-0.1, -0.05) is 0 Å². The molecule has 0 aliphatic carbocycles. The number of hydrogen-bond donors (Lipinski definition) is 1. The van der Waals surface area contributed by atoms with E-state index in [1.807, 2.05) is 12.1 Å². The summed E-state index contributed by atoms with van der Waals surface area (Å²) < 4.78 is 10.7. The van der Waals surface area contributed by atoms with E-state index in [0.29, 0.717) is 53.1 Å². The lowest BCUT2D eigenvalue weighted by Gasteiger charge is -2.26. The first-order chi connectivity index (χ1) is 12.6. The third kappa shape index (κ3) is 2.85. The Labute approximate surface area is 157 Å². The monoisotopic (exact) mass is 417 g/mol. The van der Waals surface area contributed by atoms with Crippen LogP contribution in [-0.4, -0.2) is 60.2 Å². The zero-order valence-electron chi connectivity index (χ0n) is 14.0. The molecule has 3 heterocycles. The van der Waals surface area contributed by atoms with E-state index in [9.17, 15) is 9.59 Å². The van der Waals surface area contributed by atoms with Crippen LogP contribution in [0.3, 0.4) is 0 Å². The number of ether oxygens (including phenoxy) is 2. The van der Waals surface area contributed by atoms with E-state index < -0.39 is 5.97 Å². The van der Waals surface area contributed by atoms with E-state index in [-0.39, 0.29) is 5.91 Å². The van der Waals surface area contributed by atoms with Crippen LogP contribution >= 0.6 is 15.9 Å². The predicted octanol–water partition coefficient (Wildman–Crippen LogP) is 2.74. The first-order valence-corrected chi connectivity index (χ1v) is 8.95. The number of nitrogens with one attached hydrogen (secondary N) is 1. The van der Waals surface area contributed by atoms with Gasteiger partial charge in [-0.3, -0.25) is 4.79 Å². The van der Waals surface area contributed by atoms with Crippen LogP contribution in [0.4, 0.5) is 0 Å². The van der Waals surface area contributed by atoms with Crippen LogP contribution in [0.5, 0.6) is 0 Å². The minimum atomic E-state index is -0.450. The minimum Gasteiger partial charge on any atom is -0.465 e. The lowest BCUT2D eigenvalue weighted by molar-refractivity contribution is 0.0303. The van der Waals surface area contributed by atoms with Gasteiger partial charge in [0.2, 0.25) is 0 Å². The highest BCUT2D eigenvalue weighted by Gasteiger charge is 2.21. The SMILES string of the molecule is COC(=O)c1cc(Br)nc2c1[nH]c1ccc(C(=O)N3CCOCC3)cc12. The van der Waals surface area contributed by atoms with Crippen molar-refractivity contribution in [3.8, 4) is 0 Å². The largest absolute Gasteiger partial charge is 0.465 e. The van der Waals surface area contributed by atoms with Crippen molar-refractivity contribution < 1.29 is 19.1 Å². The number of halogens is 1. The molecular weight excluding hydrogens is 402 g/mol. The number of aromatic nitrogens is 2. The van der Waals surface area contributed by atoms with Crippen LogP contribution in [0.25, 0.3) is 21.9 Å². The molecule has 8 heteroatoms. The molecule has 0 unspecified atom stereocenters. The summed E-state index contributed by atoms with van der Waals surface area (Å²) in [4.78, 5) is 34.3. The number of benzene rings is 1. The molecular formula is C18H16BrN3O4. The van der Waals surface area contributed by atoms with E-state index >= 15 is 0 Å². The summed E-state index contributed by atoms with van der Waals surface area (Å²) in [6.07, 6.45) is 0. The van der Waals surface area contributed by atoms with Crippen molar-refractivity contribution >= 4 is 49.7 Å². The van der Waals surface area contributed by atoms with E-state index in [4.69, 9.17) is 9.47 Å². The molecule has 0 atom stereocenters. The molecule has 0 saturated carbocycles. The molecule has 1 saturated heterocycles. The second-order valence-electron chi connectivity index (χ2n) is 6.00. The second kappa shape index (κ2) is 6.69. The van der Waals surface area contributed by atoms with Crippen molar-refractivity contribution in [3.63, 3.8) is 0 Å². The van der Waals surface area contributed by atoms with Crippen LogP contribution in [0.2, 0.25) is 0 Å². The highest BCUT2D eigenvalue weighted by Crippen LogP contribution is 2.29. The first kappa shape index (κ1) is 17.0. The number of carbonyl (C=O) groups is 2. The van der Waals surface area contributed by atoms with Gasteiger partial charge < -0.3 is 19.4 Å². The fraction of sp³-hybridized carbons (Fsp3) is 0.278. The second-order valence-corrected chi connectivity index (χ2v) is 6.81. The Bertz CT molecular complexity index is 1020. The van der Waals surface area contributed by atoms with Crippen LogP contribution in [0.15, 0.2) is 28.9 Å². The number of amides is 1. The molecule has 26 heavy (non-hydrogen) atoms. The number of H-pyrrole nitrogens is 1. The van der Waals surface area contributed by atoms with Gasteiger partial charge in [-0.05, 0) is 40.2 Å². The number of morpholine rings is 1. The van der Waals surface area contributed by atoms with Crippen LogP contribution in [0, 0.1) is 0 Å². The van der Waals surface area contributed by atoms with Crippen molar-refractivity contribution in [1.82, 2.24) is 14.9 Å². The summed E-state index contributed by atoms with van der Waals surface area (Å²) in [6, 6.07) is 7.04. The summed E-state index contributed by atoms with van der Waals surface area (Å²) in [5.74, 6) is -0.484. The Balaban J connectivity index is 1.85. The van der Waals surface area contributed by atoms with Crippen molar-refractivity contribution in [3.05, 3.63) is 40.0 Å². The van der Waals surface area contributed by atoms with Gasteiger partial charge in [0, 0.05) is 29.6 Å². The highest BCUT2D eigenvalue weighted by atomic mass is 79.9. The summed E-state index contributed by atoms with van der Waals surface area (Å²) in [7, 11) is 1.34. The number of fused-ring (bicyclic) bond motifs is 3. The molecule has 0 spiro atoms. The average molecular weight is 418 g/mol. The van der Waals surface area contributed by atoms with Crippen LogP contribution < -0.4 is 0 Å². The summed E-state index contributed by atoms with van der Waals surface area (Å²) in [6.45, 7) is 2.28. The number of hydrogen-bond acceptors (Lipinski definition) is 5. The number of nitrogens with zero attached hydrogens (tertiary/aromatic N) is 2. The third-order valence-corrected chi connectivity index (χ3v) is 4.88. The molecule has 4 rings (SSSR count). The number of esters is 1. The van der Waals surface area contributed by atoms with E-state index in [1.165, 1.54) is 7.11 Å². The minimum absolute atomic E-state index is 0.0345. The molecule has 1 fully saturated rings. The lowest BCUT2D eigenvalue weighted by atomic mass is 10.1. The zero-order chi connectivity index (χ0) is 18.3.